The number of hydroxylamine groups is 2. The van der Waals surface area contributed by atoms with Crippen LogP contribution in [0.15, 0.2) is 60.8 Å². The van der Waals surface area contributed by atoms with Gasteiger partial charge in [-0.05, 0) is 29.5 Å². The van der Waals surface area contributed by atoms with Gasteiger partial charge in [0, 0.05) is 42.9 Å². The lowest BCUT2D eigenvalue weighted by molar-refractivity contribution is -0.170. The number of likely N-dealkylation sites (N-methyl/N-ethyl adjacent to an activating group) is 1. The van der Waals surface area contributed by atoms with Crippen molar-refractivity contribution in [2.24, 2.45) is 11.8 Å². The average Bonchev–Trinajstić information content (AvgIpc) is 3.25. The van der Waals surface area contributed by atoms with E-state index in [-0.39, 0.29) is 30.7 Å². The van der Waals surface area contributed by atoms with Gasteiger partial charge >= 0.3 is 0 Å². The Morgan fingerprint density at radius 2 is 1.69 bits per heavy atom. The van der Waals surface area contributed by atoms with Crippen LogP contribution in [0.2, 0.25) is 0 Å². The first kappa shape index (κ1) is 26.0. The van der Waals surface area contributed by atoms with Gasteiger partial charge in [0.15, 0.2) is 0 Å². The molecule has 8 heteroatoms. The maximum Gasteiger partial charge on any atom is 0.247 e. The fourth-order valence-electron chi connectivity index (χ4n) is 4.21. The molecule has 2 aromatic carbocycles. The summed E-state index contributed by atoms with van der Waals surface area (Å²) in [6.45, 7) is 3.97. The molecule has 0 spiro atoms. The minimum atomic E-state index is -0.800. The van der Waals surface area contributed by atoms with Crippen LogP contribution < -0.4 is 10.6 Å². The number of hydrogen-bond donors (Lipinski definition) is 4. The lowest BCUT2D eigenvalue weighted by Gasteiger charge is -2.24. The Bertz CT molecular complexity index is 1140. The van der Waals surface area contributed by atoms with Crippen molar-refractivity contribution >= 4 is 28.6 Å². The minimum absolute atomic E-state index is 0.0388. The quantitative estimate of drug-likeness (QED) is 0.250. The predicted molar refractivity (Wildman–Crippen MR) is 134 cm³/mol. The molecule has 35 heavy (non-hydrogen) atoms. The number of benzene rings is 2. The van der Waals surface area contributed by atoms with E-state index in [9.17, 15) is 19.6 Å². The number of hydrogen-bond acceptors (Lipinski definition) is 4. The Labute approximate surface area is 205 Å². The highest BCUT2D eigenvalue weighted by atomic mass is 16.5. The Balaban J connectivity index is 1.71. The summed E-state index contributed by atoms with van der Waals surface area (Å²) in [6.07, 6.45) is 2.44. The molecule has 0 saturated heterocycles. The third-order valence-electron chi connectivity index (χ3n) is 5.99. The van der Waals surface area contributed by atoms with E-state index >= 15 is 0 Å². The summed E-state index contributed by atoms with van der Waals surface area (Å²) in [7, 11) is 1.53. The first-order valence-electron chi connectivity index (χ1n) is 11.9. The number of amides is 3. The molecule has 1 heterocycles. The van der Waals surface area contributed by atoms with Crippen LogP contribution in [0, 0.1) is 11.8 Å². The monoisotopic (exact) mass is 478 g/mol. The van der Waals surface area contributed by atoms with Crippen LogP contribution in [0.25, 0.3) is 10.9 Å². The lowest BCUT2D eigenvalue weighted by atomic mass is 9.92. The van der Waals surface area contributed by atoms with Crippen LogP contribution in [0.4, 0.5) is 0 Å². The van der Waals surface area contributed by atoms with Crippen molar-refractivity contribution < 1.29 is 19.6 Å². The number of carbonyl (C=O) groups is 3. The van der Waals surface area contributed by atoms with Gasteiger partial charge < -0.3 is 15.6 Å². The summed E-state index contributed by atoms with van der Waals surface area (Å²) in [5, 5.41) is 17.4. The van der Waals surface area contributed by atoms with Gasteiger partial charge in [0.05, 0.1) is 6.54 Å². The van der Waals surface area contributed by atoms with Crippen LogP contribution in [-0.2, 0) is 27.3 Å². The van der Waals surface area contributed by atoms with E-state index in [1.165, 1.54) is 7.05 Å². The minimum Gasteiger partial charge on any atom is -0.361 e. The molecular weight excluding hydrogens is 444 g/mol. The lowest BCUT2D eigenvalue weighted by Crippen LogP contribution is -2.49. The zero-order valence-corrected chi connectivity index (χ0v) is 20.5. The third kappa shape index (κ3) is 7.16. The highest BCUT2D eigenvalue weighted by molar-refractivity contribution is 5.91. The second-order valence-corrected chi connectivity index (χ2v) is 9.21. The number of nitrogens with one attached hydrogen (secondary N) is 3. The molecule has 0 radical (unpaired) electrons. The second kappa shape index (κ2) is 12.2. The van der Waals surface area contributed by atoms with Crippen LogP contribution in [0.1, 0.15) is 37.8 Å². The third-order valence-corrected chi connectivity index (χ3v) is 5.99. The van der Waals surface area contributed by atoms with Crippen molar-refractivity contribution in [1.29, 1.82) is 0 Å². The van der Waals surface area contributed by atoms with E-state index in [1.807, 2.05) is 74.6 Å². The van der Waals surface area contributed by atoms with E-state index in [2.05, 4.69) is 15.6 Å². The van der Waals surface area contributed by atoms with Gasteiger partial charge in [0.25, 0.3) is 0 Å². The number of fused-ring (bicyclic) bond motifs is 1. The van der Waals surface area contributed by atoms with Crippen LogP contribution in [0.3, 0.4) is 0 Å². The SMILES string of the molecule is CNC(=O)[C@H](Cc1c[nH]c2ccccc12)NC(=O)[C@@H](CC(=O)N(O)Cc1ccccc1)CC(C)C. The molecule has 2 atom stereocenters. The number of aromatic amines is 1. The number of aromatic nitrogens is 1. The standard InChI is InChI=1S/C27H34N4O4/c1-18(2)13-20(15-25(32)31(35)17-19-9-5-4-6-10-19)26(33)30-24(27(34)28-3)14-21-16-29-23-12-8-7-11-22(21)23/h4-12,16,18,20,24,29,35H,13-15,17H2,1-3H3,(H,28,34)(H,30,33)/t20-,24+/m1/s1. The molecule has 1 aromatic heterocycles. The second-order valence-electron chi connectivity index (χ2n) is 9.21. The summed E-state index contributed by atoms with van der Waals surface area (Å²) >= 11 is 0. The molecule has 0 bridgehead atoms. The summed E-state index contributed by atoms with van der Waals surface area (Å²) in [5.41, 5.74) is 2.65. The first-order chi connectivity index (χ1) is 16.8. The molecule has 4 N–H and O–H groups in total. The summed E-state index contributed by atoms with van der Waals surface area (Å²) < 4.78 is 0. The molecule has 8 nitrogen and oxygen atoms in total. The summed E-state index contributed by atoms with van der Waals surface area (Å²) in [6, 6.07) is 16.1. The zero-order chi connectivity index (χ0) is 25.4. The smallest absolute Gasteiger partial charge is 0.247 e. The van der Waals surface area contributed by atoms with Gasteiger partial charge in [-0.2, -0.15) is 0 Å². The molecule has 3 amide bonds. The topological polar surface area (TPSA) is 115 Å². The van der Waals surface area contributed by atoms with Crippen molar-refractivity contribution in [3.8, 4) is 0 Å². The maximum absolute atomic E-state index is 13.3. The Hall–Kier alpha value is -3.65. The number of rotatable bonds is 11. The highest BCUT2D eigenvalue weighted by Gasteiger charge is 2.29. The fourth-order valence-corrected chi connectivity index (χ4v) is 4.21. The Morgan fingerprint density at radius 3 is 2.37 bits per heavy atom. The van der Waals surface area contributed by atoms with Crippen LogP contribution in [0.5, 0.6) is 0 Å². The number of para-hydroxylation sites is 1. The average molecular weight is 479 g/mol. The number of nitrogens with zero attached hydrogens (tertiary/aromatic N) is 1. The van der Waals surface area contributed by atoms with E-state index in [0.29, 0.717) is 17.9 Å². The van der Waals surface area contributed by atoms with Gasteiger partial charge in [-0.3, -0.25) is 19.6 Å². The molecule has 3 rings (SSSR count). The number of H-pyrrole nitrogens is 1. The van der Waals surface area contributed by atoms with Crippen molar-refractivity contribution in [1.82, 2.24) is 20.7 Å². The Kier molecular flexibility index (Phi) is 9.03. The molecule has 186 valence electrons. The van der Waals surface area contributed by atoms with E-state index < -0.39 is 17.9 Å². The molecule has 0 aliphatic heterocycles. The van der Waals surface area contributed by atoms with Crippen LogP contribution >= 0.6 is 0 Å². The first-order valence-corrected chi connectivity index (χ1v) is 11.9. The number of carbonyl (C=O) groups excluding carboxylic acids is 3. The van der Waals surface area contributed by atoms with Gasteiger partial charge in [-0.1, -0.05) is 62.4 Å². The van der Waals surface area contributed by atoms with Crippen molar-refractivity contribution in [3.05, 3.63) is 71.9 Å². The summed E-state index contributed by atoms with van der Waals surface area (Å²) in [5.74, 6) is -1.77. The largest absolute Gasteiger partial charge is 0.361 e. The predicted octanol–water partition coefficient (Wildman–Crippen LogP) is 3.41. The molecule has 0 aliphatic carbocycles. The van der Waals surface area contributed by atoms with Crippen LogP contribution in [-0.4, -0.2) is 46.1 Å². The van der Waals surface area contributed by atoms with Crippen molar-refractivity contribution in [2.45, 2.75) is 45.7 Å². The molecule has 0 aliphatic rings. The highest BCUT2D eigenvalue weighted by Crippen LogP contribution is 2.21. The molecule has 0 unspecified atom stereocenters. The molecule has 0 fully saturated rings. The summed E-state index contributed by atoms with van der Waals surface area (Å²) in [4.78, 5) is 41.8. The Morgan fingerprint density at radius 1 is 1.00 bits per heavy atom. The van der Waals surface area contributed by atoms with E-state index in [4.69, 9.17) is 0 Å². The van der Waals surface area contributed by atoms with Gasteiger partial charge in [-0.15, -0.1) is 0 Å². The van der Waals surface area contributed by atoms with Gasteiger partial charge in [-0.25, -0.2) is 5.06 Å². The van der Waals surface area contributed by atoms with Gasteiger partial charge in [0.1, 0.15) is 6.04 Å². The zero-order valence-electron chi connectivity index (χ0n) is 20.5. The fraction of sp³-hybridized carbons (Fsp3) is 0.370. The normalized spacial score (nSPS) is 12.8. The maximum atomic E-state index is 13.3. The molecule has 3 aromatic rings. The van der Waals surface area contributed by atoms with Gasteiger partial charge in [0.2, 0.25) is 17.7 Å². The molecule has 0 saturated carbocycles. The molecular formula is C27H34N4O4. The van der Waals surface area contributed by atoms with E-state index in [0.717, 1.165) is 22.0 Å². The van der Waals surface area contributed by atoms with Crippen molar-refractivity contribution in [3.63, 3.8) is 0 Å². The van der Waals surface area contributed by atoms with Crippen molar-refractivity contribution in [2.75, 3.05) is 7.05 Å². The van der Waals surface area contributed by atoms with E-state index in [1.54, 1.807) is 0 Å².